The Labute approximate surface area is 85.1 Å². The molecular formula is C12H17NO. The predicted molar refractivity (Wildman–Crippen MR) is 58.2 cm³/mol. The number of nitrogens with two attached hydrogens (primary N) is 1. The Kier molecular flexibility index (Phi) is 3.84. The van der Waals surface area contributed by atoms with E-state index in [1.54, 1.807) is 0 Å². The van der Waals surface area contributed by atoms with Crippen LogP contribution in [-0.4, -0.2) is 11.8 Å². The van der Waals surface area contributed by atoms with Gasteiger partial charge in [0.05, 0.1) is 6.04 Å². The number of carbonyl (C=O) groups excluding carboxylic acids is 1. The van der Waals surface area contributed by atoms with E-state index in [9.17, 15) is 4.79 Å². The minimum absolute atomic E-state index is 0.130. The highest BCUT2D eigenvalue weighted by molar-refractivity contribution is 5.83. The first-order valence-corrected chi connectivity index (χ1v) is 4.97. The van der Waals surface area contributed by atoms with Crippen molar-refractivity contribution in [2.75, 3.05) is 0 Å². The third-order valence-electron chi connectivity index (χ3n) is 2.34. The van der Waals surface area contributed by atoms with Crippen molar-refractivity contribution in [2.24, 2.45) is 5.73 Å². The van der Waals surface area contributed by atoms with Crippen molar-refractivity contribution in [3.8, 4) is 0 Å². The molecule has 0 amide bonds. The first kappa shape index (κ1) is 10.9. The standard InChI is InChI=1S/C12H17NO/c1-3-12(14)11(13)8-10-6-4-9(2)5-7-10/h4-7,11H,3,8,13H2,1-2H3/t11-/m1/s1. The Morgan fingerprint density at radius 3 is 2.43 bits per heavy atom. The van der Waals surface area contributed by atoms with Crippen LogP contribution in [0.5, 0.6) is 0 Å². The summed E-state index contributed by atoms with van der Waals surface area (Å²) in [6, 6.07) is 7.79. The van der Waals surface area contributed by atoms with E-state index in [-0.39, 0.29) is 11.8 Å². The van der Waals surface area contributed by atoms with Crippen LogP contribution in [0.15, 0.2) is 24.3 Å². The fourth-order valence-electron chi connectivity index (χ4n) is 1.35. The van der Waals surface area contributed by atoms with Gasteiger partial charge in [-0.25, -0.2) is 0 Å². The Hall–Kier alpha value is -1.15. The Balaban J connectivity index is 2.60. The zero-order valence-electron chi connectivity index (χ0n) is 8.79. The highest BCUT2D eigenvalue weighted by atomic mass is 16.1. The monoisotopic (exact) mass is 191 g/mol. The highest BCUT2D eigenvalue weighted by Crippen LogP contribution is 2.06. The van der Waals surface area contributed by atoms with Crippen molar-refractivity contribution in [3.05, 3.63) is 35.4 Å². The summed E-state index contributed by atoms with van der Waals surface area (Å²) in [5.74, 6) is 0.130. The van der Waals surface area contributed by atoms with Gasteiger partial charge in [0.1, 0.15) is 5.78 Å². The van der Waals surface area contributed by atoms with Crippen molar-refractivity contribution in [1.82, 2.24) is 0 Å². The molecule has 0 aliphatic rings. The molecule has 0 bridgehead atoms. The van der Waals surface area contributed by atoms with Gasteiger partial charge < -0.3 is 5.73 Å². The summed E-state index contributed by atoms with van der Waals surface area (Å²) >= 11 is 0. The number of Topliss-reactive ketones (excluding diaryl/α,β-unsaturated/α-hetero) is 1. The number of rotatable bonds is 4. The van der Waals surface area contributed by atoms with E-state index in [0.717, 1.165) is 5.56 Å². The van der Waals surface area contributed by atoms with Crippen LogP contribution < -0.4 is 5.73 Å². The van der Waals surface area contributed by atoms with E-state index in [1.165, 1.54) is 5.56 Å². The van der Waals surface area contributed by atoms with E-state index < -0.39 is 0 Å². The number of benzene rings is 1. The molecule has 0 unspecified atom stereocenters. The zero-order valence-corrected chi connectivity index (χ0v) is 8.79. The molecule has 0 saturated heterocycles. The Morgan fingerprint density at radius 1 is 1.36 bits per heavy atom. The van der Waals surface area contributed by atoms with Gasteiger partial charge in [0.15, 0.2) is 0 Å². The van der Waals surface area contributed by atoms with E-state index in [4.69, 9.17) is 5.73 Å². The molecule has 1 aromatic carbocycles. The highest BCUT2D eigenvalue weighted by Gasteiger charge is 2.11. The Morgan fingerprint density at radius 2 is 1.93 bits per heavy atom. The molecule has 0 fully saturated rings. The van der Waals surface area contributed by atoms with Gasteiger partial charge in [-0.15, -0.1) is 0 Å². The van der Waals surface area contributed by atoms with Crippen LogP contribution in [0, 0.1) is 6.92 Å². The second-order valence-electron chi connectivity index (χ2n) is 3.62. The minimum atomic E-state index is -0.345. The molecule has 1 rings (SSSR count). The average molecular weight is 191 g/mol. The number of ketones is 1. The van der Waals surface area contributed by atoms with Crippen LogP contribution in [0.4, 0.5) is 0 Å². The molecule has 1 atom stereocenters. The van der Waals surface area contributed by atoms with Crippen molar-refractivity contribution in [2.45, 2.75) is 32.7 Å². The average Bonchev–Trinajstić information content (AvgIpc) is 2.20. The number of carbonyl (C=O) groups is 1. The Bertz CT molecular complexity index is 303. The van der Waals surface area contributed by atoms with Gasteiger partial charge in [0.2, 0.25) is 0 Å². The second-order valence-corrected chi connectivity index (χ2v) is 3.62. The number of hydrogen-bond acceptors (Lipinski definition) is 2. The largest absolute Gasteiger partial charge is 0.321 e. The molecule has 76 valence electrons. The van der Waals surface area contributed by atoms with Gasteiger partial charge in [0, 0.05) is 6.42 Å². The summed E-state index contributed by atoms with van der Waals surface area (Å²) in [5, 5.41) is 0. The van der Waals surface area contributed by atoms with Gasteiger partial charge in [-0.1, -0.05) is 36.8 Å². The smallest absolute Gasteiger partial charge is 0.149 e. The van der Waals surface area contributed by atoms with Gasteiger partial charge >= 0.3 is 0 Å². The molecule has 0 aromatic heterocycles. The summed E-state index contributed by atoms with van der Waals surface area (Å²) in [6.07, 6.45) is 1.17. The van der Waals surface area contributed by atoms with Crippen molar-refractivity contribution in [3.63, 3.8) is 0 Å². The van der Waals surface area contributed by atoms with Crippen LogP contribution >= 0.6 is 0 Å². The third-order valence-corrected chi connectivity index (χ3v) is 2.34. The lowest BCUT2D eigenvalue weighted by Crippen LogP contribution is -2.32. The van der Waals surface area contributed by atoms with Gasteiger partial charge in [-0.05, 0) is 18.9 Å². The lowest BCUT2D eigenvalue weighted by Gasteiger charge is -2.09. The topological polar surface area (TPSA) is 43.1 Å². The van der Waals surface area contributed by atoms with Crippen LogP contribution in [0.2, 0.25) is 0 Å². The molecule has 0 radical (unpaired) electrons. The molecule has 2 heteroatoms. The second kappa shape index (κ2) is 4.91. The molecule has 2 nitrogen and oxygen atoms in total. The van der Waals surface area contributed by atoms with E-state index in [1.807, 2.05) is 38.1 Å². The van der Waals surface area contributed by atoms with E-state index >= 15 is 0 Å². The summed E-state index contributed by atoms with van der Waals surface area (Å²) in [4.78, 5) is 11.3. The van der Waals surface area contributed by atoms with Gasteiger partial charge in [0.25, 0.3) is 0 Å². The van der Waals surface area contributed by atoms with Crippen molar-refractivity contribution < 1.29 is 4.79 Å². The molecule has 0 aliphatic heterocycles. The molecule has 0 spiro atoms. The van der Waals surface area contributed by atoms with Gasteiger partial charge in [-0.3, -0.25) is 4.79 Å². The molecule has 14 heavy (non-hydrogen) atoms. The SMILES string of the molecule is CCC(=O)[C@H](N)Cc1ccc(C)cc1. The van der Waals surface area contributed by atoms with E-state index in [0.29, 0.717) is 12.8 Å². The van der Waals surface area contributed by atoms with Crippen molar-refractivity contribution in [1.29, 1.82) is 0 Å². The first-order valence-electron chi connectivity index (χ1n) is 4.97. The molecule has 0 heterocycles. The molecular weight excluding hydrogens is 174 g/mol. The quantitative estimate of drug-likeness (QED) is 0.789. The maximum absolute atomic E-state index is 11.3. The maximum Gasteiger partial charge on any atom is 0.149 e. The molecule has 0 saturated carbocycles. The summed E-state index contributed by atoms with van der Waals surface area (Å²) in [6.45, 7) is 3.89. The van der Waals surface area contributed by atoms with E-state index in [2.05, 4.69) is 0 Å². The molecule has 2 N–H and O–H groups in total. The fraction of sp³-hybridized carbons (Fsp3) is 0.417. The van der Waals surface area contributed by atoms with Crippen molar-refractivity contribution >= 4 is 5.78 Å². The van der Waals surface area contributed by atoms with Gasteiger partial charge in [-0.2, -0.15) is 0 Å². The van der Waals surface area contributed by atoms with Crippen LogP contribution in [-0.2, 0) is 11.2 Å². The summed E-state index contributed by atoms with van der Waals surface area (Å²) in [7, 11) is 0. The van der Waals surface area contributed by atoms with Crippen LogP contribution in [0.1, 0.15) is 24.5 Å². The number of aryl methyl sites for hydroxylation is 1. The third kappa shape index (κ3) is 2.96. The minimum Gasteiger partial charge on any atom is -0.321 e. The lowest BCUT2D eigenvalue weighted by atomic mass is 10.0. The summed E-state index contributed by atoms with van der Waals surface area (Å²) < 4.78 is 0. The molecule has 1 aromatic rings. The maximum atomic E-state index is 11.3. The van der Waals surface area contributed by atoms with Crippen LogP contribution in [0.3, 0.4) is 0 Å². The number of hydrogen-bond donors (Lipinski definition) is 1. The lowest BCUT2D eigenvalue weighted by molar-refractivity contribution is -0.119. The normalized spacial score (nSPS) is 12.5. The summed E-state index contributed by atoms with van der Waals surface area (Å²) in [5.41, 5.74) is 8.10. The molecule has 0 aliphatic carbocycles. The predicted octanol–water partition coefficient (Wildman–Crippen LogP) is 1.84. The van der Waals surface area contributed by atoms with Crippen LogP contribution in [0.25, 0.3) is 0 Å². The zero-order chi connectivity index (χ0) is 10.6. The fourth-order valence-corrected chi connectivity index (χ4v) is 1.35. The first-order chi connectivity index (χ1) is 6.63.